The number of nitrogens with one attached hydrogen (secondary N) is 1. The van der Waals surface area contributed by atoms with Gasteiger partial charge in [-0.1, -0.05) is 44.2 Å². The molecule has 1 aromatic rings. The summed E-state index contributed by atoms with van der Waals surface area (Å²) in [6, 6.07) is 9.96. The van der Waals surface area contributed by atoms with Crippen LogP contribution in [0.15, 0.2) is 30.3 Å². The monoisotopic (exact) mass is 319 g/mol. The first-order chi connectivity index (χ1) is 10.9. The van der Waals surface area contributed by atoms with Gasteiger partial charge in [0.2, 0.25) is 5.91 Å². The van der Waals surface area contributed by atoms with Crippen LogP contribution in [-0.4, -0.2) is 35.7 Å². The van der Waals surface area contributed by atoms with Gasteiger partial charge in [-0.25, -0.2) is 0 Å². The fourth-order valence-electron chi connectivity index (χ4n) is 3.16. The van der Waals surface area contributed by atoms with Crippen molar-refractivity contribution in [3.8, 4) is 0 Å². The van der Waals surface area contributed by atoms with Crippen LogP contribution in [0.25, 0.3) is 0 Å². The Hall–Kier alpha value is -1.88. The number of carboxylic acids is 1. The van der Waals surface area contributed by atoms with Gasteiger partial charge in [0.1, 0.15) is 0 Å². The second kappa shape index (κ2) is 7.59. The first-order valence-electron chi connectivity index (χ1n) is 8.07. The standard InChI is InChI=1S/C18H25NO4/c1-13(2)15(14-6-4-3-5-7-14)10-16(20)19-18(11-17(21)22)8-9-23-12-18/h3-7,13,15H,8-12H2,1-2H3,(H,19,20)(H,21,22). The first kappa shape index (κ1) is 17.5. The van der Waals surface area contributed by atoms with E-state index in [1.54, 1.807) is 0 Å². The van der Waals surface area contributed by atoms with Crippen molar-refractivity contribution in [1.29, 1.82) is 0 Å². The third-order valence-corrected chi connectivity index (χ3v) is 4.44. The van der Waals surface area contributed by atoms with Crippen molar-refractivity contribution in [2.24, 2.45) is 5.92 Å². The van der Waals surface area contributed by atoms with Crippen molar-refractivity contribution in [3.05, 3.63) is 35.9 Å². The minimum Gasteiger partial charge on any atom is -0.481 e. The fraction of sp³-hybridized carbons (Fsp3) is 0.556. The van der Waals surface area contributed by atoms with Gasteiger partial charge < -0.3 is 15.2 Å². The van der Waals surface area contributed by atoms with Crippen LogP contribution < -0.4 is 5.32 Å². The van der Waals surface area contributed by atoms with Gasteiger partial charge in [0.15, 0.2) is 0 Å². The van der Waals surface area contributed by atoms with Crippen LogP contribution in [0.5, 0.6) is 0 Å². The minimum atomic E-state index is -0.917. The number of carbonyl (C=O) groups is 2. The molecule has 5 heteroatoms. The smallest absolute Gasteiger partial charge is 0.305 e. The molecule has 126 valence electrons. The highest BCUT2D eigenvalue weighted by molar-refractivity contribution is 5.79. The molecule has 0 spiro atoms. The van der Waals surface area contributed by atoms with E-state index in [4.69, 9.17) is 9.84 Å². The van der Waals surface area contributed by atoms with Gasteiger partial charge in [0.25, 0.3) is 0 Å². The number of benzene rings is 1. The van der Waals surface area contributed by atoms with E-state index in [0.29, 0.717) is 25.4 Å². The van der Waals surface area contributed by atoms with Crippen LogP contribution in [0.3, 0.4) is 0 Å². The van der Waals surface area contributed by atoms with Gasteiger partial charge in [-0.2, -0.15) is 0 Å². The van der Waals surface area contributed by atoms with Gasteiger partial charge in [0.05, 0.1) is 18.6 Å². The molecule has 0 aliphatic carbocycles. The molecule has 1 saturated heterocycles. The van der Waals surface area contributed by atoms with Crippen molar-refractivity contribution < 1.29 is 19.4 Å². The molecule has 1 aliphatic heterocycles. The second-order valence-electron chi connectivity index (χ2n) is 6.67. The van der Waals surface area contributed by atoms with E-state index < -0.39 is 11.5 Å². The normalized spacial score (nSPS) is 22.0. The Kier molecular flexibility index (Phi) is 5.77. The summed E-state index contributed by atoms with van der Waals surface area (Å²) in [5, 5.41) is 12.0. The zero-order chi connectivity index (χ0) is 16.9. The highest BCUT2D eigenvalue weighted by Gasteiger charge is 2.39. The molecule has 23 heavy (non-hydrogen) atoms. The van der Waals surface area contributed by atoms with Gasteiger partial charge in [0, 0.05) is 13.0 Å². The lowest BCUT2D eigenvalue weighted by molar-refractivity contribution is -0.139. The van der Waals surface area contributed by atoms with E-state index in [1.807, 2.05) is 30.3 Å². The second-order valence-corrected chi connectivity index (χ2v) is 6.67. The molecule has 2 N–H and O–H groups in total. The Morgan fingerprint density at radius 1 is 1.30 bits per heavy atom. The van der Waals surface area contributed by atoms with Gasteiger partial charge >= 0.3 is 5.97 Å². The topological polar surface area (TPSA) is 75.6 Å². The molecule has 1 aliphatic rings. The maximum absolute atomic E-state index is 12.5. The summed E-state index contributed by atoms with van der Waals surface area (Å²) >= 11 is 0. The van der Waals surface area contributed by atoms with Crippen molar-refractivity contribution in [3.63, 3.8) is 0 Å². The SMILES string of the molecule is CC(C)C(CC(=O)NC1(CC(=O)O)CCOC1)c1ccccc1. The molecule has 0 bridgehead atoms. The Labute approximate surface area is 137 Å². The summed E-state index contributed by atoms with van der Waals surface area (Å²) in [6.07, 6.45) is 0.794. The Morgan fingerprint density at radius 3 is 2.52 bits per heavy atom. The number of hydrogen-bond acceptors (Lipinski definition) is 3. The lowest BCUT2D eigenvalue weighted by Gasteiger charge is -2.29. The number of rotatable bonds is 7. The molecule has 1 fully saturated rings. The van der Waals surface area contributed by atoms with E-state index in [1.165, 1.54) is 0 Å². The van der Waals surface area contributed by atoms with Crippen LogP contribution in [0.1, 0.15) is 44.6 Å². The predicted octanol–water partition coefficient (Wildman–Crippen LogP) is 2.57. The molecule has 2 rings (SSSR count). The van der Waals surface area contributed by atoms with Gasteiger partial charge in [-0.3, -0.25) is 9.59 Å². The molecular formula is C18H25NO4. The molecule has 0 radical (unpaired) electrons. The van der Waals surface area contributed by atoms with Crippen LogP contribution in [-0.2, 0) is 14.3 Å². The van der Waals surface area contributed by atoms with E-state index in [2.05, 4.69) is 19.2 Å². The van der Waals surface area contributed by atoms with Gasteiger partial charge in [-0.15, -0.1) is 0 Å². The molecule has 0 aromatic heterocycles. The number of carbonyl (C=O) groups excluding carboxylic acids is 1. The van der Waals surface area contributed by atoms with Crippen molar-refractivity contribution in [1.82, 2.24) is 5.32 Å². The molecule has 2 atom stereocenters. The zero-order valence-electron chi connectivity index (χ0n) is 13.7. The summed E-state index contributed by atoms with van der Waals surface area (Å²) in [4.78, 5) is 23.6. The summed E-state index contributed by atoms with van der Waals surface area (Å²) in [5.41, 5.74) is 0.369. The zero-order valence-corrected chi connectivity index (χ0v) is 13.7. The lowest BCUT2D eigenvalue weighted by atomic mass is 9.85. The Bertz CT molecular complexity index is 535. The summed E-state index contributed by atoms with van der Waals surface area (Å²) in [6.45, 7) is 4.94. The first-order valence-corrected chi connectivity index (χ1v) is 8.07. The minimum absolute atomic E-state index is 0.101. The number of hydrogen-bond donors (Lipinski definition) is 2. The number of ether oxygens (including phenoxy) is 1. The van der Waals surface area contributed by atoms with E-state index in [0.717, 1.165) is 5.56 Å². The fourth-order valence-corrected chi connectivity index (χ4v) is 3.16. The molecule has 0 saturated carbocycles. The van der Waals surface area contributed by atoms with Crippen LogP contribution in [0, 0.1) is 5.92 Å². The average molecular weight is 319 g/mol. The predicted molar refractivity (Wildman–Crippen MR) is 87.2 cm³/mol. The molecule has 1 amide bonds. The molecule has 2 unspecified atom stereocenters. The third kappa shape index (κ3) is 4.79. The number of carboxylic acid groups (broad SMARTS) is 1. The van der Waals surface area contributed by atoms with E-state index >= 15 is 0 Å². The highest BCUT2D eigenvalue weighted by Crippen LogP contribution is 2.29. The molecule has 5 nitrogen and oxygen atoms in total. The molecule has 1 heterocycles. The van der Waals surface area contributed by atoms with Crippen molar-refractivity contribution >= 4 is 11.9 Å². The maximum Gasteiger partial charge on any atom is 0.305 e. The number of aliphatic carboxylic acids is 1. The Morgan fingerprint density at radius 2 is 2.00 bits per heavy atom. The highest BCUT2D eigenvalue weighted by atomic mass is 16.5. The Balaban J connectivity index is 2.05. The van der Waals surface area contributed by atoms with E-state index in [9.17, 15) is 9.59 Å². The largest absolute Gasteiger partial charge is 0.481 e. The summed E-state index contributed by atoms with van der Waals surface area (Å²) < 4.78 is 5.32. The summed E-state index contributed by atoms with van der Waals surface area (Å²) in [5.74, 6) is -0.600. The lowest BCUT2D eigenvalue weighted by Crippen LogP contribution is -2.50. The quantitative estimate of drug-likeness (QED) is 0.810. The van der Waals surface area contributed by atoms with Crippen LogP contribution in [0.2, 0.25) is 0 Å². The van der Waals surface area contributed by atoms with Crippen molar-refractivity contribution in [2.45, 2.75) is 44.6 Å². The maximum atomic E-state index is 12.5. The van der Waals surface area contributed by atoms with Crippen LogP contribution >= 0.6 is 0 Å². The average Bonchev–Trinajstić information content (AvgIpc) is 2.92. The van der Waals surface area contributed by atoms with Gasteiger partial charge in [-0.05, 0) is 23.8 Å². The molecule has 1 aromatic carbocycles. The summed E-state index contributed by atoms with van der Waals surface area (Å²) in [7, 11) is 0. The van der Waals surface area contributed by atoms with Crippen molar-refractivity contribution in [2.75, 3.05) is 13.2 Å². The molecular weight excluding hydrogens is 294 g/mol. The van der Waals surface area contributed by atoms with Crippen LogP contribution in [0.4, 0.5) is 0 Å². The van der Waals surface area contributed by atoms with E-state index in [-0.39, 0.29) is 24.9 Å². The third-order valence-electron chi connectivity index (χ3n) is 4.44. The number of amides is 1.